The van der Waals surface area contributed by atoms with Crippen LogP contribution in [0.2, 0.25) is 0 Å². The lowest BCUT2D eigenvalue weighted by molar-refractivity contribution is -0.157. The number of hydrogen-bond donors (Lipinski definition) is 7. The van der Waals surface area contributed by atoms with Crippen LogP contribution >= 0.6 is 0 Å². The van der Waals surface area contributed by atoms with Gasteiger partial charge in [-0.1, -0.05) is 19.3 Å². The molecule has 2 aliphatic rings. The Kier molecular flexibility index (Phi) is 6.79. The number of hydrogen-bond acceptors (Lipinski definition) is 6. The number of urea groups is 1. The van der Waals surface area contributed by atoms with E-state index in [-0.39, 0.29) is 12.5 Å². The molecule has 8 N–H and O–H groups in total. The summed E-state index contributed by atoms with van der Waals surface area (Å²) in [4.78, 5) is 35.1. The third-order valence-corrected chi connectivity index (χ3v) is 5.01. The number of nitrogens with one attached hydrogen (secondary N) is 3. The van der Waals surface area contributed by atoms with Crippen molar-refractivity contribution < 1.29 is 29.7 Å². The number of carbonyl (C=O) groups is 3. The summed E-state index contributed by atoms with van der Waals surface area (Å²) in [5.74, 6) is -1.67. The van der Waals surface area contributed by atoms with Crippen molar-refractivity contribution in [1.29, 1.82) is 0 Å². The number of amides is 4. The Morgan fingerprint density at radius 2 is 1.69 bits per heavy atom. The van der Waals surface area contributed by atoms with E-state index in [1.807, 2.05) is 0 Å². The minimum Gasteiger partial charge on any atom is -0.390 e. The fourth-order valence-electron chi connectivity index (χ4n) is 3.60. The molecule has 2 fully saturated rings. The summed E-state index contributed by atoms with van der Waals surface area (Å²) >= 11 is 0. The molecule has 0 aromatic carbocycles. The third kappa shape index (κ3) is 5.29. The van der Waals surface area contributed by atoms with Gasteiger partial charge >= 0.3 is 6.03 Å². The second kappa shape index (κ2) is 8.65. The van der Waals surface area contributed by atoms with Crippen LogP contribution in [-0.2, 0) is 9.59 Å². The zero-order chi connectivity index (χ0) is 19.3. The van der Waals surface area contributed by atoms with Crippen LogP contribution in [0.3, 0.4) is 0 Å². The molecule has 0 bridgehead atoms. The van der Waals surface area contributed by atoms with E-state index in [1.54, 1.807) is 0 Å². The molecule has 2 saturated carbocycles. The number of rotatable bonds is 5. The maximum atomic E-state index is 12.2. The lowest BCUT2D eigenvalue weighted by Crippen LogP contribution is -2.64. The van der Waals surface area contributed by atoms with Crippen molar-refractivity contribution in [2.75, 3.05) is 6.54 Å². The molecule has 0 aliphatic heterocycles. The van der Waals surface area contributed by atoms with Gasteiger partial charge in [-0.3, -0.25) is 9.59 Å². The number of nitrogens with two attached hydrogens (primary N) is 1. The molecule has 26 heavy (non-hydrogen) atoms. The lowest BCUT2D eigenvalue weighted by Gasteiger charge is -2.41. The number of aliphatic hydroxyl groups excluding tert-OH is 2. The highest BCUT2D eigenvalue weighted by atomic mass is 16.3. The first kappa shape index (κ1) is 20.4. The monoisotopic (exact) mass is 372 g/mol. The highest BCUT2D eigenvalue weighted by Crippen LogP contribution is 2.29. The van der Waals surface area contributed by atoms with Gasteiger partial charge in [0.25, 0.3) is 5.91 Å². The zero-order valence-corrected chi connectivity index (χ0v) is 14.6. The van der Waals surface area contributed by atoms with E-state index in [0.717, 1.165) is 32.1 Å². The van der Waals surface area contributed by atoms with Gasteiger partial charge in [0, 0.05) is 18.9 Å². The summed E-state index contributed by atoms with van der Waals surface area (Å²) in [7, 11) is 0. The van der Waals surface area contributed by atoms with Gasteiger partial charge in [0.05, 0.1) is 18.7 Å². The predicted molar refractivity (Wildman–Crippen MR) is 90.7 cm³/mol. The Morgan fingerprint density at radius 1 is 1.04 bits per heavy atom. The fraction of sp³-hybridized carbons (Fsp3) is 0.812. The number of aliphatic hydroxyl groups is 3. The summed E-state index contributed by atoms with van der Waals surface area (Å²) in [6.07, 6.45) is 1.52. The van der Waals surface area contributed by atoms with Crippen LogP contribution in [0.5, 0.6) is 0 Å². The summed E-state index contributed by atoms with van der Waals surface area (Å²) in [5.41, 5.74) is 2.92. The quantitative estimate of drug-likeness (QED) is 0.289. The van der Waals surface area contributed by atoms with Crippen LogP contribution < -0.4 is 21.7 Å². The van der Waals surface area contributed by atoms with Crippen molar-refractivity contribution in [3.8, 4) is 0 Å². The van der Waals surface area contributed by atoms with E-state index in [0.29, 0.717) is 0 Å². The topological polar surface area (TPSA) is 174 Å². The van der Waals surface area contributed by atoms with Crippen LogP contribution in [0.15, 0.2) is 0 Å². The van der Waals surface area contributed by atoms with Crippen LogP contribution in [0.25, 0.3) is 0 Å². The second-order valence-corrected chi connectivity index (χ2v) is 7.21. The van der Waals surface area contributed by atoms with E-state index in [2.05, 4.69) is 16.0 Å². The Morgan fingerprint density at radius 3 is 2.31 bits per heavy atom. The van der Waals surface area contributed by atoms with Gasteiger partial charge in [0.1, 0.15) is 11.7 Å². The SMILES string of the molecule is NC(=O)CNC(=O)[C@@]1(O)C[C@@H](O)[C@H](O)[C@@H](NC(=O)NC2CCCCC2)C1. The molecule has 0 heterocycles. The Hall–Kier alpha value is -1.91. The minimum absolute atomic E-state index is 0.0483. The highest BCUT2D eigenvalue weighted by molar-refractivity contribution is 5.89. The number of carbonyl (C=O) groups excluding carboxylic acids is 3. The van der Waals surface area contributed by atoms with Gasteiger partial charge in [-0.15, -0.1) is 0 Å². The molecule has 0 aromatic rings. The lowest BCUT2D eigenvalue weighted by atomic mass is 9.77. The molecule has 10 heteroatoms. The normalized spacial score (nSPS) is 32.5. The molecule has 2 aliphatic carbocycles. The van der Waals surface area contributed by atoms with Crippen molar-refractivity contribution in [3.63, 3.8) is 0 Å². The largest absolute Gasteiger partial charge is 0.390 e. The van der Waals surface area contributed by atoms with Crippen LogP contribution in [0.4, 0.5) is 4.79 Å². The maximum absolute atomic E-state index is 12.2. The maximum Gasteiger partial charge on any atom is 0.315 e. The zero-order valence-electron chi connectivity index (χ0n) is 14.6. The molecule has 0 saturated heterocycles. The van der Waals surface area contributed by atoms with Gasteiger partial charge in [-0.05, 0) is 12.8 Å². The summed E-state index contributed by atoms with van der Waals surface area (Å²) in [5, 5.41) is 38.2. The Labute approximate surface area is 151 Å². The standard InChI is InChI=1S/C16H28N4O6/c17-12(22)8-18-14(24)16(26)6-10(13(23)11(21)7-16)20-15(25)19-9-4-2-1-3-5-9/h9-11,13,21,23,26H,1-8H2,(H2,17,22)(H,18,24)(H2,19,20,25)/t10-,11+,13+,16-/m0/s1. The van der Waals surface area contributed by atoms with Crippen molar-refractivity contribution in [2.24, 2.45) is 5.73 Å². The van der Waals surface area contributed by atoms with Crippen molar-refractivity contribution in [1.82, 2.24) is 16.0 Å². The van der Waals surface area contributed by atoms with Crippen molar-refractivity contribution >= 4 is 17.8 Å². The molecular weight excluding hydrogens is 344 g/mol. The van der Waals surface area contributed by atoms with Gasteiger partial charge in [0.15, 0.2) is 0 Å². The van der Waals surface area contributed by atoms with Gasteiger partial charge in [-0.25, -0.2) is 4.79 Å². The average molecular weight is 372 g/mol. The van der Waals surface area contributed by atoms with Gasteiger partial charge in [-0.2, -0.15) is 0 Å². The summed E-state index contributed by atoms with van der Waals surface area (Å²) in [6.45, 7) is -0.458. The smallest absolute Gasteiger partial charge is 0.315 e. The molecule has 2 rings (SSSR count). The molecular formula is C16H28N4O6. The van der Waals surface area contributed by atoms with Crippen LogP contribution in [-0.4, -0.2) is 69.6 Å². The molecule has 0 aromatic heterocycles. The van der Waals surface area contributed by atoms with E-state index in [9.17, 15) is 29.7 Å². The second-order valence-electron chi connectivity index (χ2n) is 7.21. The Bertz CT molecular complexity index is 539. The van der Waals surface area contributed by atoms with Crippen LogP contribution in [0.1, 0.15) is 44.9 Å². The van der Waals surface area contributed by atoms with E-state index < -0.39 is 54.7 Å². The third-order valence-electron chi connectivity index (χ3n) is 5.01. The molecule has 4 atom stereocenters. The van der Waals surface area contributed by atoms with E-state index >= 15 is 0 Å². The van der Waals surface area contributed by atoms with Gasteiger partial charge < -0.3 is 37.0 Å². The highest BCUT2D eigenvalue weighted by Gasteiger charge is 2.49. The molecule has 4 amide bonds. The first-order chi connectivity index (χ1) is 12.2. The molecule has 148 valence electrons. The Balaban J connectivity index is 1.96. The van der Waals surface area contributed by atoms with Crippen LogP contribution in [0, 0.1) is 0 Å². The van der Waals surface area contributed by atoms with E-state index in [1.165, 1.54) is 0 Å². The van der Waals surface area contributed by atoms with E-state index in [4.69, 9.17) is 5.73 Å². The molecule has 0 radical (unpaired) electrons. The molecule has 10 nitrogen and oxygen atoms in total. The number of primary amides is 1. The summed E-state index contributed by atoms with van der Waals surface area (Å²) < 4.78 is 0. The van der Waals surface area contributed by atoms with Gasteiger partial charge in [0.2, 0.25) is 5.91 Å². The summed E-state index contributed by atoms with van der Waals surface area (Å²) in [6, 6.07) is -1.49. The first-order valence-electron chi connectivity index (χ1n) is 8.93. The molecule has 0 unspecified atom stereocenters. The average Bonchev–Trinajstić information content (AvgIpc) is 2.58. The first-order valence-corrected chi connectivity index (χ1v) is 8.93. The van der Waals surface area contributed by atoms with Crippen molar-refractivity contribution in [3.05, 3.63) is 0 Å². The minimum atomic E-state index is -2.03. The fourth-order valence-corrected chi connectivity index (χ4v) is 3.60. The van der Waals surface area contributed by atoms with Crippen molar-refractivity contribution in [2.45, 2.75) is 74.8 Å². The predicted octanol–water partition coefficient (Wildman–Crippen LogP) is -2.16. The molecule has 0 spiro atoms.